The summed E-state index contributed by atoms with van der Waals surface area (Å²) in [7, 11) is -2.35. The molecule has 0 bridgehead atoms. The maximum absolute atomic E-state index is 13.5. The predicted octanol–water partition coefficient (Wildman–Crippen LogP) is 4.12. The van der Waals surface area contributed by atoms with Gasteiger partial charge in [-0.3, -0.25) is 9.21 Å². The molecule has 0 unspecified atom stereocenters. The molecule has 1 aromatic heterocycles. The van der Waals surface area contributed by atoms with E-state index >= 15 is 0 Å². The van der Waals surface area contributed by atoms with E-state index in [2.05, 4.69) is 10.3 Å². The van der Waals surface area contributed by atoms with Crippen LogP contribution in [0.25, 0.3) is 0 Å². The van der Waals surface area contributed by atoms with Gasteiger partial charge in [0.25, 0.3) is 10.0 Å². The Kier molecular flexibility index (Phi) is 7.10. The Hall–Kier alpha value is -2.46. The zero-order chi connectivity index (χ0) is 22.6. The number of halogens is 1. The summed E-state index contributed by atoms with van der Waals surface area (Å²) in [6, 6.07) is 13.8. The van der Waals surface area contributed by atoms with Gasteiger partial charge >= 0.3 is 0 Å². The van der Waals surface area contributed by atoms with E-state index in [0.717, 1.165) is 43.3 Å². The number of rotatable bonds is 8. The van der Waals surface area contributed by atoms with E-state index in [1.54, 1.807) is 12.1 Å². The summed E-state index contributed by atoms with van der Waals surface area (Å²) in [5, 5.41) is 2.06. The molecule has 6 nitrogen and oxygen atoms in total. The van der Waals surface area contributed by atoms with E-state index in [-0.39, 0.29) is 11.4 Å². The van der Waals surface area contributed by atoms with Crippen LogP contribution < -0.4 is 9.04 Å². The topological polar surface area (TPSA) is 59.1 Å². The number of hydrogen-bond donors (Lipinski definition) is 0. The van der Waals surface area contributed by atoms with Crippen LogP contribution in [0.1, 0.15) is 10.4 Å². The third-order valence-corrected chi connectivity index (χ3v) is 8.04. The summed E-state index contributed by atoms with van der Waals surface area (Å²) in [6.45, 7) is 4.21. The maximum atomic E-state index is 13.5. The second-order valence-corrected chi connectivity index (χ2v) is 10.3. The standard InChI is InChI=1S/C23H25FN2O4S2/c1-29-21-6-8-23(9-7-21)32(27,28)26(20-4-2-19(24)3-5-20)16-22-14-18(17-31-22)15-25-10-12-30-13-11-25/h2-9,14,17H,10-13,15-16H2,1H3. The number of hydrogen-bond acceptors (Lipinski definition) is 6. The molecule has 0 amide bonds. The first-order valence-corrected chi connectivity index (χ1v) is 12.6. The average Bonchev–Trinajstić information content (AvgIpc) is 3.26. The van der Waals surface area contributed by atoms with Crippen molar-refractivity contribution < 1.29 is 22.3 Å². The fraction of sp³-hybridized carbons (Fsp3) is 0.304. The van der Waals surface area contributed by atoms with E-state index in [0.29, 0.717) is 11.4 Å². The molecule has 0 spiro atoms. The molecule has 1 fully saturated rings. The summed E-state index contributed by atoms with van der Waals surface area (Å²) in [5.41, 5.74) is 1.55. The van der Waals surface area contributed by atoms with Crippen LogP contribution in [0.15, 0.2) is 64.9 Å². The van der Waals surface area contributed by atoms with Gasteiger partial charge in [0, 0.05) is 24.5 Å². The Morgan fingerprint density at radius 2 is 1.78 bits per heavy atom. The van der Waals surface area contributed by atoms with Gasteiger partial charge in [-0.15, -0.1) is 11.3 Å². The monoisotopic (exact) mass is 476 g/mol. The summed E-state index contributed by atoms with van der Waals surface area (Å²) in [4.78, 5) is 3.38. The van der Waals surface area contributed by atoms with Crippen LogP contribution in [0.3, 0.4) is 0 Å². The van der Waals surface area contributed by atoms with E-state index < -0.39 is 15.8 Å². The molecule has 1 aliphatic heterocycles. The Labute approximate surface area is 191 Å². The lowest BCUT2D eigenvalue weighted by Gasteiger charge is -2.26. The van der Waals surface area contributed by atoms with Gasteiger partial charge in [-0.25, -0.2) is 12.8 Å². The van der Waals surface area contributed by atoms with Gasteiger partial charge in [0.15, 0.2) is 0 Å². The van der Waals surface area contributed by atoms with E-state index in [1.165, 1.54) is 59.2 Å². The lowest BCUT2D eigenvalue weighted by Crippen LogP contribution is -2.35. The molecular formula is C23H25FN2O4S2. The molecule has 0 N–H and O–H groups in total. The Morgan fingerprint density at radius 3 is 2.44 bits per heavy atom. The van der Waals surface area contributed by atoms with Crippen molar-refractivity contribution in [3.8, 4) is 5.75 Å². The minimum absolute atomic E-state index is 0.146. The number of morpholine rings is 1. The van der Waals surface area contributed by atoms with Crippen molar-refractivity contribution in [3.63, 3.8) is 0 Å². The molecule has 0 radical (unpaired) electrons. The normalized spacial score (nSPS) is 14.9. The van der Waals surface area contributed by atoms with Crippen LogP contribution in [0, 0.1) is 5.82 Å². The average molecular weight is 477 g/mol. The van der Waals surface area contributed by atoms with Crippen molar-refractivity contribution in [3.05, 3.63) is 76.2 Å². The van der Waals surface area contributed by atoms with Crippen molar-refractivity contribution in [2.24, 2.45) is 0 Å². The van der Waals surface area contributed by atoms with Crippen LogP contribution in [0.4, 0.5) is 10.1 Å². The second-order valence-electron chi connectivity index (χ2n) is 7.47. The highest BCUT2D eigenvalue weighted by Crippen LogP contribution is 2.29. The highest BCUT2D eigenvalue weighted by Gasteiger charge is 2.26. The summed E-state index contributed by atoms with van der Waals surface area (Å²) in [6.07, 6.45) is 0. The Morgan fingerprint density at radius 1 is 1.09 bits per heavy atom. The lowest BCUT2D eigenvalue weighted by atomic mass is 10.2. The van der Waals surface area contributed by atoms with Crippen molar-refractivity contribution in [1.29, 1.82) is 0 Å². The van der Waals surface area contributed by atoms with Crippen molar-refractivity contribution in [2.45, 2.75) is 18.0 Å². The lowest BCUT2D eigenvalue weighted by molar-refractivity contribution is 0.0342. The van der Waals surface area contributed by atoms with Gasteiger partial charge in [0.05, 0.1) is 37.5 Å². The number of anilines is 1. The largest absolute Gasteiger partial charge is 0.497 e. The number of sulfonamides is 1. The smallest absolute Gasteiger partial charge is 0.264 e. The molecule has 170 valence electrons. The quantitative estimate of drug-likeness (QED) is 0.490. The number of benzene rings is 2. The van der Waals surface area contributed by atoms with Gasteiger partial charge < -0.3 is 9.47 Å². The van der Waals surface area contributed by atoms with Crippen LogP contribution in [-0.2, 0) is 27.8 Å². The first-order chi connectivity index (χ1) is 15.5. The molecule has 2 aromatic carbocycles. The molecule has 32 heavy (non-hydrogen) atoms. The molecule has 9 heteroatoms. The predicted molar refractivity (Wildman–Crippen MR) is 123 cm³/mol. The van der Waals surface area contributed by atoms with E-state index in [9.17, 15) is 12.8 Å². The molecule has 2 heterocycles. The Balaban J connectivity index is 1.60. The van der Waals surface area contributed by atoms with Gasteiger partial charge in [-0.1, -0.05) is 0 Å². The number of nitrogens with zero attached hydrogens (tertiary/aromatic N) is 2. The van der Waals surface area contributed by atoms with Gasteiger partial charge in [-0.05, 0) is 65.5 Å². The third kappa shape index (κ3) is 5.29. The van der Waals surface area contributed by atoms with Crippen molar-refractivity contribution in [2.75, 3.05) is 37.7 Å². The zero-order valence-corrected chi connectivity index (χ0v) is 19.4. The second kappa shape index (κ2) is 9.99. The zero-order valence-electron chi connectivity index (χ0n) is 17.7. The summed E-state index contributed by atoms with van der Waals surface area (Å²) in [5.74, 6) is 0.155. The van der Waals surface area contributed by atoms with Crippen molar-refractivity contribution >= 4 is 27.0 Å². The van der Waals surface area contributed by atoms with Gasteiger partial charge in [0.2, 0.25) is 0 Å². The molecule has 1 aliphatic rings. The third-order valence-electron chi connectivity index (χ3n) is 5.28. The first-order valence-electron chi connectivity index (χ1n) is 10.2. The maximum Gasteiger partial charge on any atom is 0.264 e. The molecule has 0 aliphatic carbocycles. The molecule has 0 saturated carbocycles. The van der Waals surface area contributed by atoms with E-state index in [1.807, 2.05) is 6.07 Å². The van der Waals surface area contributed by atoms with E-state index in [4.69, 9.17) is 9.47 Å². The SMILES string of the molecule is COc1ccc(S(=O)(=O)N(Cc2cc(CN3CCOCC3)cs2)c2ccc(F)cc2)cc1. The first kappa shape index (κ1) is 22.7. The minimum atomic E-state index is -3.87. The molecular weight excluding hydrogens is 451 g/mol. The minimum Gasteiger partial charge on any atom is -0.497 e. The highest BCUT2D eigenvalue weighted by atomic mass is 32.2. The van der Waals surface area contributed by atoms with Crippen LogP contribution in [-0.4, -0.2) is 46.7 Å². The highest BCUT2D eigenvalue weighted by molar-refractivity contribution is 7.92. The van der Waals surface area contributed by atoms with Crippen LogP contribution in [0.5, 0.6) is 5.75 Å². The summed E-state index contributed by atoms with van der Waals surface area (Å²) < 4.78 is 52.4. The fourth-order valence-corrected chi connectivity index (χ4v) is 5.94. The number of methoxy groups -OCH3 is 1. The van der Waals surface area contributed by atoms with Gasteiger partial charge in [0.1, 0.15) is 11.6 Å². The molecule has 3 aromatic rings. The molecule has 4 rings (SSSR count). The summed E-state index contributed by atoms with van der Waals surface area (Å²) >= 11 is 1.52. The fourth-order valence-electron chi connectivity index (χ4n) is 3.55. The number of ether oxygens (including phenoxy) is 2. The van der Waals surface area contributed by atoms with Crippen LogP contribution >= 0.6 is 11.3 Å². The molecule has 1 saturated heterocycles. The number of thiophene rings is 1. The Bertz CT molecular complexity index is 1130. The molecule has 0 atom stereocenters. The van der Waals surface area contributed by atoms with Gasteiger partial charge in [-0.2, -0.15) is 0 Å². The van der Waals surface area contributed by atoms with Crippen molar-refractivity contribution in [1.82, 2.24) is 4.90 Å². The van der Waals surface area contributed by atoms with Crippen LogP contribution in [0.2, 0.25) is 0 Å².